The number of carbonyl (C=O) groups is 3. The summed E-state index contributed by atoms with van der Waals surface area (Å²) in [6, 6.07) is 6.25. The molecule has 3 atom stereocenters. The van der Waals surface area contributed by atoms with Crippen LogP contribution in [0, 0.1) is 37.4 Å². The van der Waals surface area contributed by atoms with Crippen molar-refractivity contribution in [3.8, 4) is 0 Å². The minimum atomic E-state index is -0.321. The van der Waals surface area contributed by atoms with Crippen LogP contribution in [0.15, 0.2) is 30.6 Å². The van der Waals surface area contributed by atoms with Crippen LogP contribution in [0.4, 0.5) is 4.39 Å². The molecule has 1 saturated carbocycles. The Bertz CT molecular complexity index is 1250. The summed E-state index contributed by atoms with van der Waals surface area (Å²) in [6.45, 7) is 9.23. The smallest absolute Gasteiger partial charge is 0.257 e. The van der Waals surface area contributed by atoms with Crippen LogP contribution in [-0.4, -0.2) is 88.2 Å². The SMILES string of the molecule is CC(=O)N(C)C1CC(C(=O)N[C@@H](CCN2CC3CN(C(=O)c4c(C)ncnc4C)CC3C2)c2cccc(F)c2)C1. The third-order valence-electron chi connectivity index (χ3n) is 9.12. The monoisotopic (exact) mass is 550 g/mol. The summed E-state index contributed by atoms with van der Waals surface area (Å²) in [7, 11) is 1.77. The molecule has 1 N–H and O–H groups in total. The molecule has 5 rings (SSSR count). The van der Waals surface area contributed by atoms with E-state index in [1.807, 2.05) is 24.8 Å². The van der Waals surface area contributed by atoms with Crippen LogP contribution in [0.2, 0.25) is 0 Å². The number of hydrogen-bond donors (Lipinski definition) is 1. The summed E-state index contributed by atoms with van der Waals surface area (Å²) < 4.78 is 14.1. The van der Waals surface area contributed by atoms with Gasteiger partial charge >= 0.3 is 0 Å². The van der Waals surface area contributed by atoms with Crippen molar-refractivity contribution in [2.45, 2.75) is 52.1 Å². The molecule has 10 heteroatoms. The quantitative estimate of drug-likeness (QED) is 0.543. The molecule has 0 bridgehead atoms. The van der Waals surface area contributed by atoms with Gasteiger partial charge in [0.25, 0.3) is 5.91 Å². The number of amides is 3. The van der Waals surface area contributed by atoms with E-state index in [0.717, 1.165) is 38.3 Å². The van der Waals surface area contributed by atoms with E-state index in [4.69, 9.17) is 0 Å². The first kappa shape index (κ1) is 28.1. The topological polar surface area (TPSA) is 98.7 Å². The van der Waals surface area contributed by atoms with Crippen LogP contribution in [0.5, 0.6) is 0 Å². The maximum atomic E-state index is 14.1. The van der Waals surface area contributed by atoms with Gasteiger partial charge in [0.05, 0.1) is 23.0 Å². The minimum Gasteiger partial charge on any atom is -0.349 e. The number of fused-ring (bicyclic) bond motifs is 1. The molecule has 9 nitrogen and oxygen atoms in total. The predicted octanol–water partition coefficient (Wildman–Crippen LogP) is 2.74. The minimum absolute atomic E-state index is 0.00340. The van der Waals surface area contributed by atoms with E-state index in [9.17, 15) is 18.8 Å². The molecule has 0 radical (unpaired) electrons. The Hall–Kier alpha value is -3.40. The Labute approximate surface area is 235 Å². The lowest BCUT2D eigenvalue weighted by Gasteiger charge is -2.40. The van der Waals surface area contributed by atoms with E-state index in [0.29, 0.717) is 48.0 Å². The van der Waals surface area contributed by atoms with Crippen molar-refractivity contribution < 1.29 is 18.8 Å². The fourth-order valence-corrected chi connectivity index (χ4v) is 6.52. The van der Waals surface area contributed by atoms with Crippen molar-refractivity contribution in [1.82, 2.24) is 30.0 Å². The van der Waals surface area contributed by atoms with Crippen molar-refractivity contribution >= 4 is 17.7 Å². The number of aryl methyl sites for hydroxylation is 2. The van der Waals surface area contributed by atoms with Crippen molar-refractivity contribution in [3.05, 3.63) is 58.9 Å². The molecule has 3 amide bonds. The van der Waals surface area contributed by atoms with Crippen LogP contribution < -0.4 is 5.32 Å². The van der Waals surface area contributed by atoms with E-state index in [-0.39, 0.29) is 41.5 Å². The van der Waals surface area contributed by atoms with E-state index in [1.165, 1.54) is 25.4 Å². The van der Waals surface area contributed by atoms with Crippen molar-refractivity contribution in [2.24, 2.45) is 17.8 Å². The number of benzene rings is 1. The van der Waals surface area contributed by atoms with E-state index < -0.39 is 0 Å². The van der Waals surface area contributed by atoms with Gasteiger partial charge in [-0.15, -0.1) is 0 Å². The average Bonchev–Trinajstić information content (AvgIpc) is 3.44. The molecule has 1 aromatic heterocycles. The average molecular weight is 551 g/mol. The first-order chi connectivity index (χ1) is 19.1. The Kier molecular flexibility index (Phi) is 8.16. The number of halogens is 1. The molecule has 2 aliphatic heterocycles. The van der Waals surface area contributed by atoms with E-state index >= 15 is 0 Å². The molecule has 3 fully saturated rings. The van der Waals surface area contributed by atoms with Gasteiger partial charge in [-0.25, -0.2) is 14.4 Å². The Morgan fingerprint density at radius 1 is 1.07 bits per heavy atom. The number of aromatic nitrogens is 2. The predicted molar refractivity (Wildman–Crippen MR) is 148 cm³/mol. The Morgan fingerprint density at radius 2 is 1.73 bits per heavy atom. The highest BCUT2D eigenvalue weighted by Crippen LogP contribution is 2.34. The zero-order chi connectivity index (χ0) is 28.6. The van der Waals surface area contributed by atoms with E-state index in [2.05, 4.69) is 20.2 Å². The van der Waals surface area contributed by atoms with Crippen molar-refractivity contribution in [1.29, 1.82) is 0 Å². The Morgan fingerprint density at radius 3 is 2.33 bits per heavy atom. The van der Waals surface area contributed by atoms with Gasteiger partial charge in [-0.2, -0.15) is 0 Å². The van der Waals surface area contributed by atoms with Crippen molar-refractivity contribution in [3.63, 3.8) is 0 Å². The van der Waals surface area contributed by atoms with Crippen LogP contribution in [0.25, 0.3) is 0 Å². The maximum Gasteiger partial charge on any atom is 0.257 e. The van der Waals surface area contributed by atoms with Gasteiger partial charge in [-0.1, -0.05) is 12.1 Å². The molecular formula is C30H39FN6O3. The molecule has 3 heterocycles. The summed E-state index contributed by atoms with van der Waals surface area (Å²) in [4.78, 5) is 52.4. The normalized spacial score (nSPS) is 24.8. The molecule has 0 spiro atoms. The second-order valence-corrected chi connectivity index (χ2v) is 11.8. The zero-order valence-electron chi connectivity index (χ0n) is 23.8. The molecule has 40 heavy (non-hydrogen) atoms. The lowest BCUT2D eigenvalue weighted by molar-refractivity contribution is -0.138. The van der Waals surface area contributed by atoms with Gasteiger partial charge in [0.15, 0.2) is 0 Å². The van der Waals surface area contributed by atoms with Gasteiger partial charge in [0, 0.05) is 58.7 Å². The van der Waals surface area contributed by atoms with Crippen LogP contribution in [0.3, 0.4) is 0 Å². The van der Waals surface area contributed by atoms with Crippen LogP contribution in [-0.2, 0) is 9.59 Å². The largest absolute Gasteiger partial charge is 0.349 e. The Balaban J connectivity index is 1.16. The highest BCUT2D eigenvalue weighted by atomic mass is 19.1. The molecule has 3 aliphatic rings. The van der Waals surface area contributed by atoms with Gasteiger partial charge in [0.1, 0.15) is 12.1 Å². The van der Waals surface area contributed by atoms with Gasteiger partial charge in [-0.3, -0.25) is 14.4 Å². The molecule has 2 unspecified atom stereocenters. The van der Waals surface area contributed by atoms with E-state index in [1.54, 1.807) is 18.0 Å². The number of hydrogen-bond acceptors (Lipinski definition) is 6. The number of nitrogens with zero attached hydrogens (tertiary/aromatic N) is 5. The summed E-state index contributed by atoms with van der Waals surface area (Å²) in [5.74, 6) is 0.327. The highest BCUT2D eigenvalue weighted by molar-refractivity contribution is 5.96. The summed E-state index contributed by atoms with van der Waals surface area (Å²) in [6.07, 6.45) is 3.46. The molecule has 1 aliphatic carbocycles. The van der Waals surface area contributed by atoms with Gasteiger partial charge in [0.2, 0.25) is 11.8 Å². The number of carbonyl (C=O) groups excluding carboxylic acids is 3. The first-order valence-electron chi connectivity index (χ1n) is 14.2. The maximum absolute atomic E-state index is 14.1. The van der Waals surface area contributed by atoms with Crippen LogP contribution >= 0.6 is 0 Å². The summed E-state index contributed by atoms with van der Waals surface area (Å²) in [5, 5.41) is 3.18. The number of likely N-dealkylation sites (tertiary alicyclic amines) is 2. The molecule has 2 aromatic rings. The van der Waals surface area contributed by atoms with Crippen LogP contribution in [0.1, 0.15) is 59.5 Å². The summed E-state index contributed by atoms with van der Waals surface area (Å²) >= 11 is 0. The first-order valence-corrected chi connectivity index (χ1v) is 14.2. The standard InChI is InChI=1S/C30H39FN6O3/c1-18-28(19(2)33-17-32-18)30(40)37-15-23-13-36(14-24(23)16-37)9-8-27(21-6-5-7-25(31)10-21)34-29(39)22-11-26(12-22)35(4)20(3)38/h5-7,10,17,22-24,26-27H,8-9,11-16H2,1-4H3,(H,34,39)/t22?,23?,24?,26?,27-/m0/s1. The number of nitrogens with one attached hydrogen (secondary N) is 1. The van der Waals surface area contributed by atoms with Gasteiger partial charge in [-0.05, 0) is 62.6 Å². The zero-order valence-corrected chi connectivity index (χ0v) is 23.8. The highest BCUT2D eigenvalue weighted by Gasteiger charge is 2.42. The van der Waals surface area contributed by atoms with Gasteiger partial charge < -0.3 is 20.0 Å². The second-order valence-electron chi connectivity index (χ2n) is 11.8. The lowest BCUT2D eigenvalue weighted by atomic mass is 9.78. The fourth-order valence-electron chi connectivity index (χ4n) is 6.52. The second kappa shape index (κ2) is 11.6. The molecule has 1 aromatic carbocycles. The molecule has 2 saturated heterocycles. The fraction of sp³-hybridized carbons (Fsp3) is 0.567. The number of rotatable bonds is 8. The summed E-state index contributed by atoms with van der Waals surface area (Å²) in [5.41, 5.74) is 2.80. The molecule has 214 valence electrons. The lowest BCUT2D eigenvalue weighted by Crippen LogP contribution is -2.50. The third kappa shape index (κ3) is 5.87. The van der Waals surface area contributed by atoms with Crippen molar-refractivity contribution in [2.75, 3.05) is 39.8 Å². The molecular weight excluding hydrogens is 511 g/mol. The third-order valence-corrected chi connectivity index (χ3v) is 9.12.